The molecule has 0 bridgehead atoms. The Kier molecular flexibility index (Phi) is 12.7. The molecule has 0 aliphatic carbocycles. The van der Waals surface area contributed by atoms with Gasteiger partial charge in [-0.25, -0.2) is 14.9 Å². The Morgan fingerprint density at radius 3 is 1.31 bits per heavy atom. The van der Waals surface area contributed by atoms with E-state index in [0.29, 0.717) is 0 Å². The van der Waals surface area contributed by atoms with Gasteiger partial charge in [-0.1, -0.05) is 34.8 Å². The molecule has 0 aromatic heterocycles. The molecule has 0 aliphatic heterocycles. The molecule has 0 aliphatic rings. The van der Waals surface area contributed by atoms with E-state index in [1.165, 1.54) is 0 Å². The molecule has 0 saturated carbocycles. The van der Waals surface area contributed by atoms with Crippen molar-refractivity contribution in [1.82, 2.24) is 0 Å². The molecule has 0 aromatic carbocycles. The average molecular weight is 250 g/mol. The number of primary amides is 2. The molecule has 0 atom stereocenters. The summed E-state index contributed by atoms with van der Waals surface area (Å²) < 4.78 is -2.17. The van der Waals surface area contributed by atoms with Crippen LogP contribution in [0.1, 0.15) is 0 Å². The van der Waals surface area contributed by atoms with E-state index >= 15 is 0 Å². The van der Waals surface area contributed by atoms with Crippen LogP contribution in [0.25, 0.3) is 0 Å². The minimum atomic E-state index is -2.17. The second-order valence-electron chi connectivity index (χ2n) is 1.21. The number of hydrogen-bond donors (Lipinski definition) is 3. The van der Waals surface area contributed by atoms with Crippen LogP contribution < -0.4 is 11.5 Å². The number of carboxylic acid groups (broad SMARTS) is 1. The summed E-state index contributed by atoms with van der Waals surface area (Å²) in [6.07, 6.45) is 0. The van der Waals surface area contributed by atoms with Crippen LogP contribution >= 0.6 is 34.8 Å². The van der Waals surface area contributed by atoms with Gasteiger partial charge in [0, 0.05) is 6.57 Å². The number of carbonyl (C=O) groups is 2. The Hall–Kier alpha value is -0.900. The number of urea groups is 1. The van der Waals surface area contributed by atoms with Crippen LogP contribution in [-0.2, 0) is 4.79 Å². The zero-order chi connectivity index (χ0) is 11.7. The van der Waals surface area contributed by atoms with Crippen molar-refractivity contribution in [2.75, 3.05) is 0 Å². The Labute approximate surface area is 88.9 Å². The van der Waals surface area contributed by atoms with E-state index in [4.69, 9.17) is 50.0 Å². The third kappa shape index (κ3) is 35.3. The second-order valence-corrected chi connectivity index (χ2v) is 3.49. The second kappa shape index (κ2) is 9.19. The van der Waals surface area contributed by atoms with Crippen molar-refractivity contribution in [3.05, 3.63) is 0 Å². The summed E-state index contributed by atoms with van der Waals surface area (Å²) >= 11 is 14.4. The topological polar surface area (TPSA) is 130 Å². The molecule has 0 saturated heterocycles. The molecule has 9 heteroatoms. The molecule has 0 radical (unpaired) electrons. The van der Waals surface area contributed by atoms with E-state index in [-0.39, 0.29) is 0 Å². The van der Waals surface area contributed by atoms with Crippen molar-refractivity contribution >= 4 is 46.8 Å². The van der Waals surface area contributed by atoms with E-state index < -0.39 is 15.8 Å². The molecule has 0 fully saturated rings. The van der Waals surface area contributed by atoms with Crippen molar-refractivity contribution in [2.24, 2.45) is 11.5 Å². The summed E-state index contributed by atoms with van der Waals surface area (Å²) in [5.74, 6) is -1.46. The van der Waals surface area contributed by atoms with Crippen molar-refractivity contribution in [3.8, 4) is 6.57 Å². The number of rotatable bonds is 0. The van der Waals surface area contributed by atoms with Gasteiger partial charge in [-0.3, -0.25) is 0 Å². The van der Waals surface area contributed by atoms with Gasteiger partial charge in [0.2, 0.25) is 0 Å². The fourth-order valence-corrected chi connectivity index (χ4v) is 0. The lowest BCUT2D eigenvalue weighted by molar-refractivity contribution is -0.135. The summed E-state index contributed by atoms with van der Waals surface area (Å²) in [7, 11) is 0. The predicted molar refractivity (Wildman–Crippen MR) is 48.4 cm³/mol. The van der Waals surface area contributed by atoms with Gasteiger partial charge in [0.25, 0.3) is 3.79 Å². The van der Waals surface area contributed by atoms with Crippen LogP contribution in [0.15, 0.2) is 0 Å². The summed E-state index contributed by atoms with van der Waals surface area (Å²) in [6, 6.07) is -0.833. The number of nitrogens with two attached hydrogens (primary N) is 2. The lowest BCUT2D eigenvalue weighted by Gasteiger charge is -1.99. The summed E-state index contributed by atoms with van der Waals surface area (Å²) in [6.45, 7) is 3.50. The van der Waals surface area contributed by atoms with E-state index in [2.05, 4.69) is 18.0 Å². The highest BCUT2D eigenvalue weighted by Gasteiger charge is 2.29. The van der Waals surface area contributed by atoms with E-state index in [0.717, 1.165) is 0 Å². The molecule has 0 spiro atoms. The highest BCUT2D eigenvalue weighted by molar-refractivity contribution is 6.75. The number of nitriles is 1. The van der Waals surface area contributed by atoms with Crippen LogP contribution in [0.3, 0.4) is 0 Å². The SMILES string of the molecule is C#N.NC(N)=O.O=C(O)C(Cl)(Cl)Cl. The maximum Gasteiger partial charge on any atom is 0.356 e. The number of carbonyl (C=O) groups excluding carboxylic acids is 1. The predicted octanol–water partition coefficient (Wildman–Crippen LogP) is 0.605. The first-order valence-electron chi connectivity index (χ1n) is 2.28. The normalized spacial score (nSPS) is 8.08. The van der Waals surface area contributed by atoms with Crippen LogP contribution in [-0.4, -0.2) is 20.9 Å². The van der Waals surface area contributed by atoms with Crippen LogP contribution in [0.4, 0.5) is 4.79 Å². The summed E-state index contributed by atoms with van der Waals surface area (Å²) in [5.41, 5.74) is 8.50. The third-order valence-electron chi connectivity index (χ3n) is 0.243. The molecule has 76 valence electrons. The molecule has 0 unspecified atom stereocenters. The van der Waals surface area contributed by atoms with Gasteiger partial charge in [0.15, 0.2) is 0 Å². The lowest BCUT2D eigenvalue weighted by atomic mass is 10.8. The van der Waals surface area contributed by atoms with Gasteiger partial charge >= 0.3 is 12.0 Å². The number of aliphatic carboxylic acids is 1. The van der Waals surface area contributed by atoms with Crippen molar-refractivity contribution in [2.45, 2.75) is 3.79 Å². The average Bonchev–Trinajstić information content (AvgIpc) is 1.88. The molecule has 0 aromatic rings. The fraction of sp³-hybridized carbons (Fsp3) is 0.250. The Bertz CT molecular complexity index is 184. The lowest BCUT2D eigenvalue weighted by Crippen LogP contribution is -2.18. The molecule has 0 rings (SSSR count). The highest BCUT2D eigenvalue weighted by atomic mass is 35.6. The third-order valence-corrected chi connectivity index (χ3v) is 0.728. The van der Waals surface area contributed by atoms with E-state index in [1.54, 1.807) is 0 Å². The fourth-order valence-electron chi connectivity index (χ4n) is 0. The van der Waals surface area contributed by atoms with Crippen LogP contribution in [0, 0.1) is 11.8 Å². The summed E-state index contributed by atoms with van der Waals surface area (Å²) in [5, 5.41) is 14.4. The Morgan fingerprint density at radius 2 is 1.31 bits per heavy atom. The van der Waals surface area contributed by atoms with Gasteiger partial charge < -0.3 is 16.6 Å². The van der Waals surface area contributed by atoms with Crippen molar-refractivity contribution < 1.29 is 14.7 Å². The first-order valence-corrected chi connectivity index (χ1v) is 3.42. The maximum atomic E-state index is 9.62. The Morgan fingerprint density at radius 1 is 1.23 bits per heavy atom. The number of nitrogens with zero attached hydrogens (tertiary/aromatic N) is 1. The van der Waals surface area contributed by atoms with Gasteiger partial charge in [-0.05, 0) is 0 Å². The number of carboxylic acids is 1. The largest absolute Gasteiger partial charge is 0.478 e. The van der Waals surface area contributed by atoms with Gasteiger partial charge in [-0.2, -0.15) is 0 Å². The first-order chi connectivity index (χ1) is 5.68. The summed E-state index contributed by atoms with van der Waals surface area (Å²) in [4.78, 5) is 18.6. The molecular weight excluding hydrogens is 244 g/mol. The molecule has 13 heavy (non-hydrogen) atoms. The molecular formula is C4H6Cl3N3O3. The van der Waals surface area contributed by atoms with Gasteiger partial charge in [0.05, 0.1) is 0 Å². The minimum Gasteiger partial charge on any atom is -0.478 e. The van der Waals surface area contributed by atoms with E-state index in [9.17, 15) is 4.79 Å². The molecule has 0 heterocycles. The number of hydrogen-bond acceptors (Lipinski definition) is 3. The zero-order valence-electron chi connectivity index (χ0n) is 6.08. The van der Waals surface area contributed by atoms with Crippen molar-refractivity contribution in [1.29, 1.82) is 5.26 Å². The van der Waals surface area contributed by atoms with Crippen molar-refractivity contribution in [3.63, 3.8) is 0 Å². The monoisotopic (exact) mass is 249 g/mol. The van der Waals surface area contributed by atoms with Crippen LogP contribution in [0.2, 0.25) is 0 Å². The van der Waals surface area contributed by atoms with Gasteiger partial charge in [0.1, 0.15) is 0 Å². The number of halogens is 3. The van der Waals surface area contributed by atoms with E-state index in [1.807, 2.05) is 0 Å². The number of amides is 2. The minimum absolute atomic E-state index is 0.833. The standard InChI is InChI=1S/C2HCl3O2.CH4N2O.CHN/c3-2(4,5)1(6)7;2-1(3)4;1-2/h(H,6,7);(H4,2,3,4);1H. The smallest absolute Gasteiger partial charge is 0.356 e. The molecule has 6 nitrogen and oxygen atoms in total. The number of alkyl halides is 3. The van der Waals surface area contributed by atoms with Gasteiger partial charge in [-0.15, -0.1) is 0 Å². The molecule has 2 amide bonds. The quantitative estimate of drug-likeness (QED) is 0.543. The first kappa shape index (κ1) is 18.0. The van der Waals surface area contributed by atoms with Crippen LogP contribution in [0.5, 0.6) is 0 Å². The maximum absolute atomic E-state index is 9.62. The zero-order valence-corrected chi connectivity index (χ0v) is 8.34. The molecule has 5 N–H and O–H groups in total. The highest BCUT2D eigenvalue weighted by Crippen LogP contribution is 2.25. The Balaban J connectivity index is -0.000000142.